The smallest absolute Gasteiger partial charge is 0.236 e. The third-order valence-electron chi connectivity index (χ3n) is 4.44. The third kappa shape index (κ3) is 4.79. The number of ether oxygens (including phenoxy) is 2. The van der Waals surface area contributed by atoms with E-state index in [1.165, 1.54) is 0 Å². The molecule has 7 heteroatoms. The maximum atomic E-state index is 12.6. The Morgan fingerprint density at radius 1 is 1.04 bits per heavy atom. The van der Waals surface area contributed by atoms with Crippen molar-refractivity contribution in [1.29, 1.82) is 0 Å². The van der Waals surface area contributed by atoms with E-state index in [2.05, 4.69) is 11.1 Å². The summed E-state index contributed by atoms with van der Waals surface area (Å²) in [6.45, 7) is 1.49. The number of nitrogens with zero attached hydrogens (tertiary/aromatic N) is 3. The second-order valence-electron chi connectivity index (χ2n) is 6.69. The first kappa shape index (κ1) is 20.1. The van der Waals surface area contributed by atoms with Gasteiger partial charge in [0, 0.05) is 13.6 Å². The summed E-state index contributed by atoms with van der Waals surface area (Å²) in [5.41, 5.74) is 2.04. The first-order valence-corrected chi connectivity index (χ1v) is 9.79. The van der Waals surface area contributed by atoms with Crippen LogP contribution in [0.15, 0.2) is 42.5 Å². The van der Waals surface area contributed by atoms with Crippen molar-refractivity contribution in [1.82, 2.24) is 14.8 Å². The molecule has 0 aliphatic carbocycles. The lowest BCUT2D eigenvalue weighted by Gasteiger charge is -2.21. The van der Waals surface area contributed by atoms with Gasteiger partial charge >= 0.3 is 0 Å². The van der Waals surface area contributed by atoms with Crippen LogP contribution in [0.2, 0.25) is 0 Å². The van der Waals surface area contributed by atoms with Gasteiger partial charge in [-0.25, -0.2) is 4.98 Å². The maximum Gasteiger partial charge on any atom is 0.236 e. The molecule has 0 aliphatic heterocycles. The second-order valence-corrected chi connectivity index (χ2v) is 7.80. The number of aromatic nitrogens is 1. The van der Waals surface area contributed by atoms with Crippen molar-refractivity contribution >= 4 is 27.5 Å². The topological polar surface area (TPSA) is 54.9 Å². The van der Waals surface area contributed by atoms with Crippen LogP contribution in [-0.4, -0.2) is 55.6 Å². The van der Waals surface area contributed by atoms with E-state index >= 15 is 0 Å². The van der Waals surface area contributed by atoms with E-state index in [0.29, 0.717) is 31.1 Å². The molecule has 1 aromatic heterocycles. The van der Waals surface area contributed by atoms with Crippen LogP contribution in [0.4, 0.5) is 0 Å². The lowest BCUT2D eigenvalue weighted by molar-refractivity contribution is -0.131. The molecule has 3 rings (SSSR count). The molecule has 0 fully saturated rings. The summed E-state index contributed by atoms with van der Waals surface area (Å²) in [5, 5.41) is 0.944. The normalized spacial score (nSPS) is 11.0. The van der Waals surface area contributed by atoms with E-state index in [1.807, 2.05) is 55.4 Å². The molecule has 0 N–H and O–H groups in total. The first-order chi connectivity index (χ1) is 13.5. The Labute approximate surface area is 169 Å². The number of rotatable bonds is 8. The fourth-order valence-corrected chi connectivity index (χ4v) is 4.00. The fourth-order valence-electron chi connectivity index (χ4n) is 2.98. The van der Waals surface area contributed by atoms with Gasteiger partial charge in [-0.05, 0) is 36.9 Å². The Bertz CT molecular complexity index is 924. The average molecular weight is 400 g/mol. The SMILES string of the molecule is COc1ccc(CN(C)CC(=O)N(C)Cc2nc3ccccc3s2)cc1OC. The van der Waals surface area contributed by atoms with Crippen molar-refractivity contribution in [3.05, 3.63) is 53.0 Å². The quantitative estimate of drug-likeness (QED) is 0.581. The highest BCUT2D eigenvalue weighted by atomic mass is 32.1. The van der Waals surface area contributed by atoms with E-state index in [9.17, 15) is 4.79 Å². The number of carbonyl (C=O) groups excluding carboxylic acids is 1. The number of benzene rings is 2. The number of amides is 1. The van der Waals surface area contributed by atoms with Crippen molar-refractivity contribution in [2.75, 3.05) is 34.9 Å². The minimum atomic E-state index is 0.0576. The molecule has 0 unspecified atom stereocenters. The molecule has 3 aromatic rings. The summed E-state index contributed by atoms with van der Waals surface area (Å²) in [6.07, 6.45) is 0. The minimum Gasteiger partial charge on any atom is -0.493 e. The van der Waals surface area contributed by atoms with Gasteiger partial charge in [-0.1, -0.05) is 18.2 Å². The predicted octanol–water partition coefficient (Wildman–Crippen LogP) is 3.40. The van der Waals surface area contributed by atoms with Crippen LogP contribution in [-0.2, 0) is 17.9 Å². The van der Waals surface area contributed by atoms with Gasteiger partial charge in [0.15, 0.2) is 11.5 Å². The van der Waals surface area contributed by atoms with Crippen LogP contribution < -0.4 is 9.47 Å². The summed E-state index contributed by atoms with van der Waals surface area (Å²) in [5.74, 6) is 1.44. The highest BCUT2D eigenvalue weighted by molar-refractivity contribution is 7.18. The van der Waals surface area contributed by atoms with Crippen LogP contribution >= 0.6 is 11.3 Å². The lowest BCUT2D eigenvalue weighted by atomic mass is 10.2. The zero-order chi connectivity index (χ0) is 20.1. The number of fused-ring (bicyclic) bond motifs is 1. The molecule has 1 amide bonds. The van der Waals surface area contributed by atoms with Crippen LogP contribution in [0.1, 0.15) is 10.6 Å². The van der Waals surface area contributed by atoms with Gasteiger partial charge < -0.3 is 14.4 Å². The summed E-state index contributed by atoms with van der Waals surface area (Å²) in [4.78, 5) is 20.9. The Hall–Kier alpha value is -2.64. The molecular weight excluding hydrogens is 374 g/mol. The molecule has 0 bridgehead atoms. The molecule has 0 saturated carbocycles. The number of hydrogen-bond donors (Lipinski definition) is 0. The number of carbonyl (C=O) groups is 1. The van der Waals surface area contributed by atoms with Gasteiger partial charge in [-0.2, -0.15) is 0 Å². The Morgan fingerprint density at radius 2 is 1.79 bits per heavy atom. The molecule has 2 aromatic carbocycles. The van der Waals surface area contributed by atoms with Gasteiger partial charge in [-0.15, -0.1) is 11.3 Å². The van der Waals surface area contributed by atoms with E-state index in [-0.39, 0.29) is 5.91 Å². The number of thiazole rings is 1. The summed E-state index contributed by atoms with van der Waals surface area (Å²) in [6, 6.07) is 13.8. The summed E-state index contributed by atoms with van der Waals surface area (Å²) in [7, 11) is 6.98. The molecule has 148 valence electrons. The van der Waals surface area contributed by atoms with Crippen molar-refractivity contribution < 1.29 is 14.3 Å². The summed E-state index contributed by atoms with van der Waals surface area (Å²) < 4.78 is 11.8. The molecule has 0 radical (unpaired) electrons. The van der Waals surface area contributed by atoms with Crippen molar-refractivity contribution in [3.63, 3.8) is 0 Å². The van der Waals surface area contributed by atoms with Crippen LogP contribution in [0.3, 0.4) is 0 Å². The Kier molecular flexibility index (Phi) is 6.49. The van der Waals surface area contributed by atoms with E-state index < -0.39 is 0 Å². The van der Waals surface area contributed by atoms with Gasteiger partial charge in [-0.3, -0.25) is 9.69 Å². The first-order valence-electron chi connectivity index (χ1n) is 8.98. The Balaban J connectivity index is 1.57. The Morgan fingerprint density at radius 3 is 2.50 bits per heavy atom. The van der Waals surface area contributed by atoms with E-state index in [1.54, 1.807) is 30.5 Å². The molecule has 6 nitrogen and oxygen atoms in total. The molecule has 0 saturated heterocycles. The monoisotopic (exact) mass is 399 g/mol. The maximum absolute atomic E-state index is 12.6. The van der Waals surface area contributed by atoms with Gasteiger partial charge in [0.05, 0.1) is 37.5 Å². The molecular formula is C21H25N3O3S. The van der Waals surface area contributed by atoms with E-state index in [4.69, 9.17) is 9.47 Å². The van der Waals surface area contributed by atoms with Gasteiger partial charge in [0.2, 0.25) is 5.91 Å². The fraction of sp³-hybridized carbons (Fsp3) is 0.333. The molecule has 0 spiro atoms. The van der Waals surface area contributed by atoms with Crippen molar-refractivity contribution in [3.8, 4) is 11.5 Å². The molecule has 1 heterocycles. The van der Waals surface area contributed by atoms with Gasteiger partial charge in [0.1, 0.15) is 5.01 Å². The minimum absolute atomic E-state index is 0.0576. The predicted molar refractivity (Wildman–Crippen MR) is 112 cm³/mol. The highest BCUT2D eigenvalue weighted by Crippen LogP contribution is 2.28. The molecule has 0 atom stereocenters. The number of likely N-dealkylation sites (N-methyl/N-ethyl adjacent to an activating group) is 2. The molecule has 28 heavy (non-hydrogen) atoms. The van der Waals surface area contributed by atoms with Gasteiger partial charge in [0.25, 0.3) is 0 Å². The average Bonchev–Trinajstić information content (AvgIpc) is 3.09. The van der Waals surface area contributed by atoms with Crippen LogP contribution in [0.25, 0.3) is 10.2 Å². The van der Waals surface area contributed by atoms with Crippen LogP contribution in [0, 0.1) is 0 Å². The van der Waals surface area contributed by atoms with Crippen molar-refractivity contribution in [2.45, 2.75) is 13.1 Å². The highest BCUT2D eigenvalue weighted by Gasteiger charge is 2.15. The van der Waals surface area contributed by atoms with E-state index in [0.717, 1.165) is 20.8 Å². The second kappa shape index (κ2) is 9.03. The van der Waals surface area contributed by atoms with Crippen LogP contribution in [0.5, 0.6) is 11.5 Å². The third-order valence-corrected chi connectivity index (χ3v) is 5.46. The lowest BCUT2D eigenvalue weighted by Crippen LogP contribution is -2.36. The van der Waals surface area contributed by atoms with Crippen molar-refractivity contribution in [2.24, 2.45) is 0 Å². The number of para-hydroxylation sites is 1. The number of hydrogen-bond acceptors (Lipinski definition) is 6. The zero-order valence-corrected chi connectivity index (χ0v) is 17.5. The standard InChI is InChI=1S/C21H25N3O3S/c1-23(12-15-9-10-17(26-3)18(11-15)27-4)14-21(25)24(2)13-20-22-16-7-5-6-8-19(16)28-20/h5-11H,12-14H2,1-4H3. The summed E-state index contributed by atoms with van der Waals surface area (Å²) >= 11 is 1.63. The zero-order valence-electron chi connectivity index (χ0n) is 16.6. The largest absolute Gasteiger partial charge is 0.493 e. The number of methoxy groups -OCH3 is 2. The molecule has 0 aliphatic rings.